The van der Waals surface area contributed by atoms with E-state index < -0.39 is 18.1 Å². The number of hydrogen-bond donors (Lipinski definition) is 5. The van der Waals surface area contributed by atoms with Gasteiger partial charge in [-0.25, -0.2) is 0 Å². The second-order valence-electron chi connectivity index (χ2n) is 9.31. The summed E-state index contributed by atoms with van der Waals surface area (Å²) in [6.45, 7) is 2.39. The maximum Gasteiger partial charge on any atom is 0.246 e. The van der Waals surface area contributed by atoms with Crippen molar-refractivity contribution in [1.82, 2.24) is 26.2 Å². The molecule has 0 aliphatic carbocycles. The normalized spacial score (nSPS) is 24.8. The van der Waals surface area contributed by atoms with E-state index in [1.807, 2.05) is 30.3 Å². The first-order valence-corrected chi connectivity index (χ1v) is 13.0. The molecule has 2 saturated heterocycles. The van der Waals surface area contributed by atoms with Crippen LogP contribution in [0.15, 0.2) is 30.3 Å². The van der Waals surface area contributed by atoms with Crippen LogP contribution in [0.5, 0.6) is 0 Å². The molecule has 192 valence electrons. The van der Waals surface area contributed by atoms with Gasteiger partial charge in [-0.1, -0.05) is 30.3 Å². The van der Waals surface area contributed by atoms with Crippen molar-refractivity contribution in [1.29, 1.82) is 0 Å². The summed E-state index contributed by atoms with van der Waals surface area (Å²) >= 11 is 4.10. The van der Waals surface area contributed by atoms with Crippen LogP contribution in [0, 0.1) is 5.92 Å². The van der Waals surface area contributed by atoms with E-state index in [2.05, 4.69) is 33.9 Å². The number of hydrogen-bond acceptors (Lipinski definition) is 6. The Labute approximate surface area is 212 Å². The lowest BCUT2D eigenvalue weighted by Gasteiger charge is -2.32. The van der Waals surface area contributed by atoms with Gasteiger partial charge in [-0.3, -0.25) is 19.2 Å². The quantitative estimate of drug-likeness (QED) is 0.300. The van der Waals surface area contributed by atoms with Gasteiger partial charge in [0.25, 0.3) is 0 Å². The van der Waals surface area contributed by atoms with Crippen LogP contribution in [0.2, 0.25) is 0 Å². The van der Waals surface area contributed by atoms with E-state index >= 15 is 0 Å². The Balaban J connectivity index is 1.76. The molecule has 1 aromatic carbocycles. The van der Waals surface area contributed by atoms with E-state index in [9.17, 15) is 19.2 Å². The summed E-state index contributed by atoms with van der Waals surface area (Å²) in [7, 11) is 1.68. The summed E-state index contributed by atoms with van der Waals surface area (Å²) in [5, 5.41) is 11.6. The number of carbonyl (C=O) groups is 4. The van der Waals surface area contributed by atoms with Crippen molar-refractivity contribution in [3.05, 3.63) is 35.9 Å². The fourth-order valence-corrected chi connectivity index (χ4v) is 5.04. The zero-order chi connectivity index (χ0) is 25.4. The molecule has 0 bridgehead atoms. The number of amides is 4. The second kappa shape index (κ2) is 12.9. The first-order chi connectivity index (χ1) is 16.8. The lowest BCUT2D eigenvalue weighted by Crippen LogP contribution is -2.58. The molecule has 0 unspecified atom stereocenters. The van der Waals surface area contributed by atoms with E-state index in [1.165, 1.54) is 0 Å². The van der Waals surface area contributed by atoms with Crippen molar-refractivity contribution in [2.45, 2.75) is 69.7 Å². The minimum Gasteiger partial charge on any atom is -0.356 e. The second-order valence-corrected chi connectivity index (χ2v) is 9.75. The summed E-state index contributed by atoms with van der Waals surface area (Å²) < 4.78 is 0. The predicted octanol–water partition coefficient (Wildman–Crippen LogP) is 0.601. The molecule has 10 heteroatoms. The number of nitrogens with zero attached hydrogens (tertiary/aromatic N) is 1. The summed E-state index contributed by atoms with van der Waals surface area (Å²) in [5.41, 5.74) is 0.987. The molecule has 0 radical (unpaired) electrons. The van der Waals surface area contributed by atoms with Crippen LogP contribution < -0.4 is 21.3 Å². The van der Waals surface area contributed by atoms with Crippen LogP contribution >= 0.6 is 12.6 Å². The number of fused-ring (bicyclic) bond motifs is 1. The Morgan fingerprint density at radius 2 is 1.80 bits per heavy atom. The molecule has 4 amide bonds. The van der Waals surface area contributed by atoms with Gasteiger partial charge in [-0.2, -0.15) is 12.6 Å². The molecule has 2 heterocycles. The minimum absolute atomic E-state index is 0.0609. The Kier molecular flexibility index (Phi) is 9.97. The highest BCUT2D eigenvalue weighted by molar-refractivity contribution is 7.80. The summed E-state index contributed by atoms with van der Waals surface area (Å²) in [5.74, 6) is -0.693. The molecule has 35 heavy (non-hydrogen) atoms. The molecule has 1 aromatic rings. The van der Waals surface area contributed by atoms with Crippen LogP contribution in [0.3, 0.4) is 0 Å². The maximum absolute atomic E-state index is 13.8. The molecule has 0 spiro atoms. The molecule has 5 atom stereocenters. The van der Waals surface area contributed by atoms with E-state index in [0.29, 0.717) is 25.1 Å². The van der Waals surface area contributed by atoms with Crippen molar-refractivity contribution in [3.8, 4) is 0 Å². The highest BCUT2D eigenvalue weighted by Gasteiger charge is 2.47. The number of thiol groups is 1. The van der Waals surface area contributed by atoms with Gasteiger partial charge in [0.05, 0.1) is 6.04 Å². The topological polar surface area (TPSA) is 120 Å². The first kappa shape index (κ1) is 27.0. The smallest absolute Gasteiger partial charge is 0.246 e. The Hall–Kier alpha value is -2.59. The zero-order valence-electron chi connectivity index (χ0n) is 20.5. The van der Waals surface area contributed by atoms with Gasteiger partial charge in [0.2, 0.25) is 23.6 Å². The van der Waals surface area contributed by atoms with Gasteiger partial charge in [-0.05, 0) is 51.0 Å². The van der Waals surface area contributed by atoms with Crippen molar-refractivity contribution < 1.29 is 19.2 Å². The van der Waals surface area contributed by atoms with Crippen LogP contribution in [0.25, 0.3) is 0 Å². The zero-order valence-corrected chi connectivity index (χ0v) is 21.4. The first-order valence-electron chi connectivity index (χ1n) is 12.3. The summed E-state index contributed by atoms with van der Waals surface area (Å²) in [6, 6.07) is 7.70. The molecule has 3 rings (SSSR count). The van der Waals surface area contributed by atoms with Gasteiger partial charge in [-0.15, -0.1) is 0 Å². The number of rotatable bonds is 10. The molecule has 4 N–H and O–H groups in total. The molecular weight excluding hydrogens is 466 g/mol. The fourth-order valence-electron chi connectivity index (χ4n) is 4.84. The number of nitrogens with one attached hydrogen (secondary N) is 4. The Bertz CT molecular complexity index is 899. The van der Waals surface area contributed by atoms with Gasteiger partial charge < -0.3 is 26.2 Å². The number of carbonyl (C=O) groups excluding carboxylic acids is 4. The molecule has 9 nitrogen and oxygen atoms in total. The molecule has 0 saturated carbocycles. The van der Waals surface area contributed by atoms with Gasteiger partial charge in [0.15, 0.2) is 0 Å². The van der Waals surface area contributed by atoms with E-state index in [4.69, 9.17) is 0 Å². The maximum atomic E-state index is 13.8. The van der Waals surface area contributed by atoms with Crippen LogP contribution in [0.1, 0.15) is 44.6 Å². The molecule has 0 aromatic heterocycles. The SMILES string of the molecule is CN[C@@H](C)C(=O)N[C@@H]1C(=O)N2[C@@H](CC[C@@H]1CNC(=O)CCS)CC[C@H]2C(=O)NCc1ccccc1. The lowest BCUT2D eigenvalue weighted by molar-refractivity contribution is -0.143. The van der Waals surface area contributed by atoms with Crippen molar-refractivity contribution in [2.24, 2.45) is 5.92 Å². The van der Waals surface area contributed by atoms with Gasteiger partial charge >= 0.3 is 0 Å². The summed E-state index contributed by atoms with van der Waals surface area (Å²) in [6.07, 6.45) is 2.99. The van der Waals surface area contributed by atoms with E-state index in [0.717, 1.165) is 18.4 Å². The third-order valence-electron chi connectivity index (χ3n) is 7.00. The van der Waals surface area contributed by atoms with E-state index in [1.54, 1.807) is 18.9 Å². The molecule has 2 aliphatic heterocycles. The highest BCUT2D eigenvalue weighted by atomic mass is 32.1. The molecule has 2 aliphatic rings. The molecule has 2 fully saturated rings. The molecular formula is C25H37N5O4S. The number of benzene rings is 1. The average Bonchev–Trinajstić information content (AvgIpc) is 3.25. The largest absolute Gasteiger partial charge is 0.356 e. The standard InChI is InChI=1S/C25H37N5O4S/c1-16(26-2)23(32)29-22-18(15-27-21(31)12-13-35)8-9-19-10-11-20(30(19)25(22)34)24(33)28-14-17-6-4-3-5-7-17/h3-7,16,18-20,22,26,35H,8-15H2,1-2H3,(H,27,31)(H,28,33)(H,29,32)/t16-,18+,19-,20-,22-/m0/s1. The van der Waals surface area contributed by atoms with Crippen molar-refractivity contribution in [3.63, 3.8) is 0 Å². The predicted molar refractivity (Wildman–Crippen MR) is 137 cm³/mol. The van der Waals surface area contributed by atoms with Crippen LogP contribution in [-0.4, -0.2) is 72.0 Å². The Morgan fingerprint density at radius 1 is 1.09 bits per heavy atom. The fraction of sp³-hybridized carbons (Fsp3) is 0.600. The lowest BCUT2D eigenvalue weighted by atomic mass is 9.92. The highest BCUT2D eigenvalue weighted by Crippen LogP contribution is 2.34. The Morgan fingerprint density at radius 3 is 2.49 bits per heavy atom. The van der Waals surface area contributed by atoms with Crippen molar-refractivity contribution >= 4 is 36.3 Å². The third kappa shape index (κ3) is 6.98. The van der Waals surface area contributed by atoms with Crippen LogP contribution in [0.4, 0.5) is 0 Å². The average molecular weight is 504 g/mol. The van der Waals surface area contributed by atoms with Gasteiger partial charge in [0.1, 0.15) is 12.1 Å². The number of likely N-dealkylation sites (N-methyl/N-ethyl adjacent to an activating group) is 1. The van der Waals surface area contributed by atoms with E-state index in [-0.39, 0.29) is 48.6 Å². The third-order valence-corrected chi connectivity index (χ3v) is 7.23. The minimum atomic E-state index is -0.817. The van der Waals surface area contributed by atoms with Crippen molar-refractivity contribution in [2.75, 3.05) is 19.3 Å². The summed E-state index contributed by atoms with van der Waals surface area (Å²) in [4.78, 5) is 53.4. The van der Waals surface area contributed by atoms with Gasteiger partial charge in [0, 0.05) is 31.5 Å². The monoisotopic (exact) mass is 503 g/mol. The van der Waals surface area contributed by atoms with Crippen LogP contribution in [-0.2, 0) is 25.7 Å².